The van der Waals surface area contributed by atoms with Crippen molar-refractivity contribution in [2.24, 2.45) is 4.99 Å². The summed E-state index contributed by atoms with van der Waals surface area (Å²) >= 11 is 0. The molecule has 0 unspecified atom stereocenters. The van der Waals surface area contributed by atoms with Crippen LogP contribution in [0, 0.1) is 0 Å². The fourth-order valence-corrected chi connectivity index (χ4v) is 2.36. The lowest BCUT2D eigenvalue weighted by Gasteiger charge is -2.27. The molecule has 1 aliphatic heterocycles. The van der Waals surface area contributed by atoms with Crippen LogP contribution in [0.1, 0.15) is 19.4 Å². The first-order chi connectivity index (χ1) is 9.81. The van der Waals surface area contributed by atoms with Crippen LogP contribution in [0.5, 0.6) is 11.5 Å². The van der Waals surface area contributed by atoms with E-state index < -0.39 is 0 Å². The lowest BCUT2D eigenvalue weighted by Crippen LogP contribution is -2.36. The molecule has 0 saturated heterocycles. The fourth-order valence-electron chi connectivity index (χ4n) is 2.36. The van der Waals surface area contributed by atoms with Crippen molar-refractivity contribution < 1.29 is 9.47 Å². The number of hydrogen-bond donors (Lipinski definition) is 0. The molecular weight excluding hydrogens is 393 g/mol. The van der Waals surface area contributed by atoms with Gasteiger partial charge in [-0.05, 0) is 17.7 Å². The number of nitrogens with zero attached hydrogens (tertiary/aromatic N) is 3. The summed E-state index contributed by atoms with van der Waals surface area (Å²) in [4.78, 5) is 8.81. The monoisotopic (exact) mass is 419 g/mol. The normalized spacial score (nSPS) is 12.5. The average molecular weight is 419 g/mol. The van der Waals surface area contributed by atoms with E-state index >= 15 is 0 Å². The Morgan fingerprint density at radius 2 is 1.68 bits per heavy atom. The van der Waals surface area contributed by atoms with Gasteiger partial charge in [0.25, 0.3) is 0 Å². The lowest BCUT2D eigenvalue weighted by molar-refractivity contribution is 0.174. The summed E-state index contributed by atoms with van der Waals surface area (Å²) < 4.78 is 10.8. The number of halogens is 1. The maximum absolute atomic E-state index is 5.46. The maximum atomic E-state index is 5.46. The van der Waals surface area contributed by atoms with Gasteiger partial charge >= 0.3 is 0 Å². The molecule has 5 nitrogen and oxygen atoms in total. The number of hydrogen-bond acceptors (Lipinski definition) is 3. The molecule has 0 N–H and O–H groups in total. The van der Waals surface area contributed by atoms with Crippen LogP contribution in [-0.2, 0) is 5.41 Å². The van der Waals surface area contributed by atoms with Gasteiger partial charge in [-0.2, -0.15) is 0 Å². The second kappa shape index (κ2) is 7.39. The van der Waals surface area contributed by atoms with E-state index in [0.29, 0.717) is 13.3 Å². The lowest BCUT2D eigenvalue weighted by atomic mass is 9.84. The highest BCUT2D eigenvalue weighted by atomic mass is 127. The quantitative estimate of drug-likeness (QED) is 0.429. The van der Waals surface area contributed by atoms with Gasteiger partial charge in [0.2, 0.25) is 6.79 Å². The van der Waals surface area contributed by atoms with Crippen molar-refractivity contribution in [1.29, 1.82) is 0 Å². The maximum Gasteiger partial charge on any atom is 0.231 e. The third kappa shape index (κ3) is 4.18. The molecule has 124 valence electrons. The Balaban J connectivity index is 0.00000242. The van der Waals surface area contributed by atoms with Crippen LogP contribution in [-0.4, -0.2) is 57.3 Å². The summed E-state index contributed by atoms with van der Waals surface area (Å²) in [6, 6.07) is 6.12. The van der Waals surface area contributed by atoms with Gasteiger partial charge in [-0.15, -0.1) is 24.0 Å². The van der Waals surface area contributed by atoms with Crippen molar-refractivity contribution in [3.63, 3.8) is 0 Å². The molecule has 0 bridgehead atoms. The van der Waals surface area contributed by atoms with Gasteiger partial charge in [0.15, 0.2) is 17.5 Å². The predicted molar refractivity (Wildman–Crippen MR) is 101 cm³/mol. The van der Waals surface area contributed by atoms with Crippen molar-refractivity contribution >= 4 is 29.9 Å². The molecule has 1 aromatic rings. The number of guanidine groups is 1. The van der Waals surface area contributed by atoms with E-state index in [1.165, 1.54) is 5.56 Å². The molecule has 1 heterocycles. The molecule has 22 heavy (non-hydrogen) atoms. The highest BCUT2D eigenvalue weighted by Gasteiger charge is 2.24. The van der Waals surface area contributed by atoms with Gasteiger partial charge in [-0.25, -0.2) is 0 Å². The van der Waals surface area contributed by atoms with Crippen LogP contribution in [0.2, 0.25) is 0 Å². The van der Waals surface area contributed by atoms with Crippen molar-refractivity contribution in [3.05, 3.63) is 23.8 Å². The molecule has 0 aromatic heterocycles. The topological polar surface area (TPSA) is 37.3 Å². The summed E-state index contributed by atoms with van der Waals surface area (Å²) in [5, 5.41) is 0. The highest BCUT2D eigenvalue weighted by Crippen LogP contribution is 2.36. The van der Waals surface area contributed by atoms with E-state index in [1.807, 2.05) is 44.1 Å². The Morgan fingerprint density at radius 3 is 2.27 bits per heavy atom. The first-order valence-corrected chi connectivity index (χ1v) is 7.10. The minimum Gasteiger partial charge on any atom is -0.454 e. The molecule has 0 atom stereocenters. The van der Waals surface area contributed by atoms with Crippen molar-refractivity contribution in [1.82, 2.24) is 9.80 Å². The van der Waals surface area contributed by atoms with E-state index in [9.17, 15) is 0 Å². The zero-order valence-corrected chi connectivity index (χ0v) is 16.5. The first-order valence-electron chi connectivity index (χ1n) is 7.10. The van der Waals surface area contributed by atoms with Crippen molar-refractivity contribution in [2.45, 2.75) is 19.3 Å². The number of benzene rings is 1. The van der Waals surface area contributed by atoms with E-state index in [-0.39, 0.29) is 29.4 Å². The van der Waals surface area contributed by atoms with E-state index in [1.54, 1.807) is 0 Å². The molecule has 0 radical (unpaired) electrons. The molecule has 0 aliphatic carbocycles. The molecule has 0 amide bonds. The Kier molecular flexibility index (Phi) is 6.34. The van der Waals surface area contributed by atoms with Gasteiger partial charge < -0.3 is 19.3 Å². The minimum absolute atomic E-state index is 0. The summed E-state index contributed by atoms with van der Waals surface area (Å²) in [7, 11) is 8.03. The van der Waals surface area contributed by atoms with Crippen LogP contribution in [0.15, 0.2) is 23.2 Å². The SMILES string of the molecule is CN(C)C(=NCC(C)(C)c1ccc2c(c1)OCO2)N(C)C.I. The van der Waals surface area contributed by atoms with Gasteiger partial charge in [0, 0.05) is 33.6 Å². The fraction of sp³-hybridized carbons (Fsp3) is 0.562. The molecule has 0 fully saturated rings. The minimum atomic E-state index is -0.0712. The third-order valence-electron chi connectivity index (χ3n) is 3.57. The average Bonchev–Trinajstić information content (AvgIpc) is 2.84. The Labute approximate surface area is 150 Å². The molecule has 2 rings (SSSR count). The Hall–Kier alpha value is -1.18. The van der Waals surface area contributed by atoms with E-state index in [2.05, 4.69) is 26.0 Å². The zero-order chi connectivity index (χ0) is 15.6. The van der Waals surface area contributed by atoms with Crippen molar-refractivity contribution in [3.8, 4) is 11.5 Å². The van der Waals surface area contributed by atoms with Gasteiger partial charge in [-0.1, -0.05) is 19.9 Å². The van der Waals surface area contributed by atoms with Crippen molar-refractivity contribution in [2.75, 3.05) is 41.5 Å². The molecule has 0 spiro atoms. The van der Waals surface area contributed by atoms with Gasteiger partial charge in [0.1, 0.15) is 0 Å². The molecule has 1 aromatic carbocycles. The Morgan fingerprint density at radius 1 is 1.09 bits per heavy atom. The number of aliphatic imine (C=N–C) groups is 1. The molecule has 1 aliphatic rings. The predicted octanol–water partition coefficient (Wildman–Crippen LogP) is 2.79. The van der Waals surface area contributed by atoms with Crippen LogP contribution in [0.3, 0.4) is 0 Å². The van der Waals surface area contributed by atoms with Crippen LogP contribution >= 0.6 is 24.0 Å². The first kappa shape index (κ1) is 18.9. The number of rotatable bonds is 3. The highest BCUT2D eigenvalue weighted by molar-refractivity contribution is 14.0. The number of fused-ring (bicyclic) bond motifs is 1. The Bertz CT molecular complexity index is 532. The number of ether oxygens (including phenoxy) is 2. The third-order valence-corrected chi connectivity index (χ3v) is 3.57. The summed E-state index contributed by atoms with van der Waals surface area (Å²) in [6.07, 6.45) is 0. The van der Waals surface area contributed by atoms with Gasteiger partial charge in [0.05, 0.1) is 6.54 Å². The van der Waals surface area contributed by atoms with Crippen LogP contribution in [0.4, 0.5) is 0 Å². The van der Waals surface area contributed by atoms with Crippen LogP contribution < -0.4 is 9.47 Å². The largest absolute Gasteiger partial charge is 0.454 e. The summed E-state index contributed by atoms with van der Waals surface area (Å²) in [5.41, 5.74) is 1.13. The second-order valence-electron chi connectivity index (χ2n) is 6.36. The molecule has 0 saturated carbocycles. The smallest absolute Gasteiger partial charge is 0.231 e. The van der Waals surface area contributed by atoms with Crippen LogP contribution in [0.25, 0.3) is 0 Å². The summed E-state index contributed by atoms with van der Waals surface area (Å²) in [6.45, 7) is 5.40. The van der Waals surface area contributed by atoms with Gasteiger partial charge in [-0.3, -0.25) is 4.99 Å². The zero-order valence-electron chi connectivity index (χ0n) is 14.2. The van der Waals surface area contributed by atoms with E-state index in [0.717, 1.165) is 17.5 Å². The molecule has 6 heteroatoms. The van der Waals surface area contributed by atoms with E-state index in [4.69, 9.17) is 14.5 Å². The second-order valence-corrected chi connectivity index (χ2v) is 6.36. The summed E-state index contributed by atoms with van der Waals surface area (Å²) in [5.74, 6) is 2.61. The standard InChI is InChI=1S/C16H25N3O2.HI/c1-16(2,10-17-15(18(3)4)19(5)6)12-7-8-13-14(9-12)21-11-20-13;/h7-9H,10-11H2,1-6H3;1H. The molecular formula is C16H26IN3O2.